The van der Waals surface area contributed by atoms with Gasteiger partial charge in [0, 0.05) is 17.1 Å². The van der Waals surface area contributed by atoms with Gasteiger partial charge in [-0.15, -0.1) is 0 Å². The summed E-state index contributed by atoms with van der Waals surface area (Å²) in [6.45, 7) is 0.742. The fourth-order valence-corrected chi connectivity index (χ4v) is 2.93. The van der Waals surface area contributed by atoms with Gasteiger partial charge in [0.05, 0.1) is 18.3 Å². The molecule has 0 spiro atoms. The Balaban J connectivity index is 1.85. The quantitative estimate of drug-likeness (QED) is 0.636. The second-order valence-corrected chi connectivity index (χ2v) is 5.93. The molecule has 1 aliphatic heterocycles. The van der Waals surface area contributed by atoms with Crippen LogP contribution in [0.3, 0.4) is 0 Å². The van der Waals surface area contributed by atoms with Crippen LogP contribution in [0, 0.1) is 0 Å². The van der Waals surface area contributed by atoms with Crippen LogP contribution in [0.1, 0.15) is 20.8 Å². The van der Waals surface area contributed by atoms with E-state index in [0.29, 0.717) is 25.1 Å². The summed E-state index contributed by atoms with van der Waals surface area (Å²) in [4.78, 5) is 24.9. The molecule has 0 saturated heterocycles. The fraction of sp³-hybridized carbons (Fsp3) is 0.214. The van der Waals surface area contributed by atoms with Crippen LogP contribution in [0.15, 0.2) is 35.4 Å². The van der Waals surface area contributed by atoms with Gasteiger partial charge in [-0.1, -0.05) is 0 Å². The van der Waals surface area contributed by atoms with Crippen molar-refractivity contribution >= 4 is 29.6 Å². The van der Waals surface area contributed by atoms with Crippen LogP contribution in [0.5, 0.6) is 0 Å². The van der Waals surface area contributed by atoms with Gasteiger partial charge in [-0.2, -0.15) is 18.3 Å². The number of benzene rings is 1. The first-order valence-corrected chi connectivity index (χ1v) is 7.39. The van der Waals surface area contributed by atoms with E-state index in [1.807, 2.05) is 0 Å². The molecular weight excluding hydrogens is 331 g/mol. The SMILES string of the molecule is O=Cc1cnn2c1C(=O)N(c1ccc(SC(F)(F)F)cc1)CC2. The summed E-state index contributed by atoms with van der Waals surface area (Å²) in [6.07, 6.45) is 1.89. The molecule has 1 aromatic carbocycles. The topological polar surface area (TPSA) is 55.2 Å². The molecule has 0 aliphatic carbocycles. The van der Waals surface area contributed by atoms with Crippen LogP contribution in [0.4, 0.5) is 18.9 Å². The maximum Gasteiger partial charge on any atom is 0.446 e. The number of thioether (sulfide) groups is 1. The van der Waals surface area contributed by atoms with Gasteiger partial charge in [-0.25, -0.2) is 0 Å². The van der Waals surface area contributed by atoms with Crippen LogP contribution in [0.25, 0.3) is 0 Å². The smallest absolute Gasteiger partial charge is 0.305 e. The minimum Gasteiger partial charge on any atom is -0.305 e. The minimum absolute atomic E-state index is 0.0457. The third-order valence-electron chi connectivity index (χ3n) is 3.36. The van der Waals surface area contributed by atoms with E-state index in [4.69, 9.17) is 0 Å². The van der Waals surface area contributed by atoms with E-state index in [9.17, 15) is 22.8 Å². The molecule has 0 fully saturated rings. The molecule has 0 N–H and O–H groups in total. The van der Waals surface area contributed by atoms with Crippen molar-refractivity contribution in [1.29, 1.82) is 0 Å². The standard InChI is InChI=1S/C14H10F3N3O2S/c15-14(16,17)23-11-3-1-10(2-4-11)19-5-6-20-12(13(19)22)9(8-21)7-18-20/h1-4,7-8H,5-6H2. The highest BCUT2D eigenvalue weighted by Crippen LogP contribution is 2.37. The van der Waals surface area contributed by atoms with E-state index < -0.39 is 11.4 Å². The Labute approximate surface area is 133 Å². The van der Waals surface area contributed by atoms with Crippen LogP contribution >= 0.6 is 11.8 Å². The van der Waals surface area contributed by atoms with Gasteiger partial charge in [-0.3, -0.25) is 14.3 Å². The number of aromatic nitrogens is 2. The number of fused-ring (bicyclic) bond motifs is 1. The van der Waals surface area contributed by atoms with Crippen molar-refractivity contribution in [1.82, 2.24) is 9.78 Å². The summed E-state index contributed by atoms with van der Waals surface area (Å²) in [5.41, 5.74) is -3.48. The molecule has 9 heteroatoms. The molecule has 3 rings (SSSR count). The molecule has 5 nitrogen and oxygen atoms in total. The molecule has 0 unspecified atom stereocenters. The number of rotatable bonds is 3. The largest absolute Gasteiger partial charge is 0.446 e. The zero-order valence-corrected chi connectivity index (χ0v) is 12.4. The molecule has 1 aliphatic rings. The number of nitrogens with zero attached hydrogens (tertiary/aromatic N) is 3. The molecule has 0 bridgehead atoms. The van der Waals surface area contributed by atoms with E-state index in [-0.39, 0.29) is 27.9 Å². The van der Waals surface area contributed by atoms with Crippen molar-refractivity contribution in [2.24, 2.45) is 0 Å². The zero-order valence-electron chi connectivity index (χ0n) is 11.6. The summed E-state index contributed by atoms with van der Waals surface area (Å²) < 4.78 is 38.4. The highest BCUT2D eigenvalue weighted by molar-refractivity contribution is 8.00. The average Bonchev–Trinajstić information content (AvgIpc) is 2.91. The first-order chi connectivity index (χ1) is 10.9. The molecule has 0 saturated carbocycles. The molecule has 0 radical (unpaired) electrons. The summed E-state index contributed by atoms with van der Waals surface area (Å²) in [6, 6.07) is 5.54. The van der Waals surface area contributed by atoms with Crippen molar-refractivity contribution in [3.05, 3.63) is 41.7 Å². The molecule has 2 aromatic rings. The lowest BCUT2D eigenvalue weighted by atomic mass is 10.2. The number of carbonyl (C=O) groups excluding carboxylic acids is 2. The van der Waals surface area contributed by atoms with Crippen molar-refractivity contribution in [3.8, 4) is 0 Å². The van der Waals surface area contributed by atoms with Crippen molar-refractivity contribution < 1.29 is 22.8 Å². The zero-order chi connectivity index (χ0) is 16.6. The number of hydrogen-bond acceptors (Lipinski definition) is 4. The van der Waals surface area contributed by atoms with Crippen LogP contribution in [0.2, 0.25) is 0 Å². The second kappa shape index (κ2) is 5.73. The maximum absolute atomic E-state index is 12.5. The van der Waals surface area contributed by atoms with E-state index in [0.717, 1.165) is 0 Å². The Morgan fingerprint density at radius 2 is 1.87 bits per heavy atom. The normalized spacial score (nSPS) is 14.7. The van der Waals surface area contributed by atoms with E-state index in [2.05, 4.69) is 5.10 Å². The number of hydrogen-bond donors (Lipinski definition) is 0. The summed E-state index contributed by atoms with van der Waals surface area (Å²) in [5.74, 6) is -0.396. The van der Waals surface area contributed by atoms with Gasteiger partial charge in [0.2, 0.25) is 0 Å². The van der Waals surface area contributed by atoms with Crippen LogP contribution in [-0.2, 0) is 6.54 Å². The Morgan fingerprint density at radius 3 is 2.48 bits per heavy atom. The van der Waals surface area contributed by atoms with Gasteiger partial charge in [0.1, 0.15) is 5.69 Å². The third kappa shape index (κ3) is 3.09. The number of carbonyl (C=O) groups is 2. The van der Waals surface area contributed by atoms with E-state index in [1.54, 1.807) is 0 Å². The molecule has 23 heavy (non-hydrogen) atoms. The molecule has 120 valence electrons. The van der Waals surface area contributed by atoms with E-state index >= 15 is 0 Å². The molecule has 1 amide bonds. The Bertz CT molecular complexity index is 756. The number of halogens is 3. The fourth-order valence-electron chi connectivity index (χ4n) is 2.39. The Kier molecular flexibility index (Phi) is 3.88. The van der Waals surface area contributed by atoms with Crippen molar-refractivity contribution in [2.75, 3.05) is 11.4 Å². The predicted molar refractivity (Wildman–Crippen MR) is 77.6 cm³/mol. The van der Waals surface area contributed by atoms with Crippen molar-refractivity contribution in [2.45, 2.75) is 16.9 Å². The van der Waals surface area contributed by atoms with Gasteiger partial charge in [0.25, 0.3) is 5.91 Å². The van der Waals surface area contributed by atoms with Crippen LogP contribution < -0.4 is 4.90 Å². The summed E-state index contributed by atoms with van der Waals surface area (Å²) in [7, 11) is 0. The maximum atomic E-state index is 12.5. The molecule has 2 heterocycles. The summed E-state index contributed by atoms with van der Waals surface area (Å²) >= 11 is -0.211. The first kappa shape index (κ1) is 15.6. The van der Waals surface area contributed by atoms with E-state index in [1.165, 1.54) is 40.0 Å². The third-order valence-corrected chi connectivity index (χ3v) is 4.10. The summed E-state index contributed by atoms with van der Waals surface area (Å²) in [5, 5.41) is 3.97. The second-order valence-electron chi connectivity index (χ2n) is 4.79. The minimum atomic E-state index is -4.35. The lowest BCUT2D eigenvalue weighted by Gasteiger charge is -2.28. The lowest BCUT2D eigenvalue weighted by molar-refractivity contribution is -0.0328. The van der Waals surface area contributed by atoms with Crippen LogP contribution in [-0.4, -0.2) is 34.0 Å². The lowest BCUT2D eigenvalue weighted by Crippen LogP contribution is -2.41. The number of alkyl halides is 3. The van der Waals surface area contributed by atoms with Gasteiger partial charge < -0.3 is 4.90 Å². The number of anilines is 1. The number of aldehydes is 1. The number of amides is 1. The highest BCUT2D eigenvalue weighted by atomic mass is 32.2. The van der Waals surface area contributed by atoms with Gasteiger partial charge in [-0.05, 0) is 36.0 Å². The molecular formula is C14H10F3N3O2S. The highest BCUT2D eigenvalue weighted by Gasteiger charge is 2.31. The van der Waals surface area contributed by atoms with Crippen molar-refractivity contribution in [3.63, 3.8) is 0 Å². The average molecular weight is 341 g/mol. The molecule has 0 atom stereocenters. The Morgan fingerprint density at radius 1 is 1.17 bits per heavy atom. The first-order valence-electron chi connectivity index (χ1n) is 6.58. The van der Waals surface area contributed by atoms with Gasteiger partial charge in [0.15, 0.2) is 6.29 Å². The Hall–Kier alpha value is -2.29. The molecule has 1 aromatic heterocycles. The monoisotopic (exact) mass is 341 g/mol. The van der Waals surface area contributed by atoms with Gasteiger partial charge >= 0.3 is 5.51 Å². The predicted octanol–water partition coefficient (Wildman–Crippen LogP) is 2.97.